The number of fused-ring (bicyclic) bond motifs is 3. The fourth-order valence-electron chi connectivity index (χ4n) is 3.70. The largest absolute Gasteiger partial charge is 0.460 e. The summed E-state index contributed by atoms with van der Waals surface area (Å²) >= 11 is 6.04. The lowest BCUT2D eigenvalue weighted by Crippen LogP contribution is -2.55. The van der Waals surface area contributed by atoms with E-state index in [1.54, 1.807) is 0 Å². The second kappa shape index (κ2) is 6.07. The topological polar surface area (TPSA) is 28.4 Å². The fraction of sp³-hybridized carbons (Fsp3) is 0.444. The van der Waals surface area contributed by atoms with E-state index >= 15 is 0 Å². The van der Waals surface area contributed by atoms with E-state index in [1.165, 1.54) is 32.5 Å². The molecule has 1 atom stereocenters. The quantitative estimate of drug-likeness (QED) is 0.930. The lowest BCUT2D eigenvalue weighted by atomic mass is 9.84. The first-order valence-electron chi connectivity index (χ1n) is 8.08. The van der Waals surface area contributed by atoms with E-state index in [-0.39, 0.29) is 0 Å². The maximum absolute atomic E-state index is 6.04. The molecule has 4 heterocycles. The summed E-state index contributed by atoms with van der Waals surface area (Å²) in [4.78, 5) is 2.57. The first kappa shape index (κ1) is 14.3. The van der Waals surface area contributed by atoms with Crippen LogP contribution in [-0.4, -0.2) is 30.6 Å². The third-order valence-corrected chi connectivity index (χ3v) is 5.20. The fourth-order valence-corrected chi connectivity index (χ4v) is 3.89. The molecule has 22 heavy (non-hydrogen) atoms. The van der Waals surface area contributed by atoms with Crippen LogP contribution in [0.15, 0.2) is 40.8 Å². The van der Waals surface area contributed by atoms with Gasteiger partial charge in [-0.15, -0.1) is 0 Å². The highest BCUT2D eigenvalue weighted by molar-refractivity contribution is 6.30. The highest BCUT2D eigenvalue weighted by Gasteiger charge is 2.33. The van der Waals surface area contributed by atoms with Gasteiger partial charge in [0, 0.05) is 23.2 Å². The summed E-state index contributed by atoms with van der Waals surface area (Å²) < 4.78 is 5.96. The van der Waals surface area contributed by atoms with Crippen molar-refractivity contribution < 1.29 is 4.42 Å². The molecule has 2 bridgehead atoms. The molecule has 1 N–H and O–H groups in total. The van der Waals surface area contributed by atoms with E-state index in [1.807, 2.05) is 30.3 Å². The average Bonchev–Trinajstić information content (AvgIpc) is 3.03. The summed E-state index contributed by atoms with van der Waals surface area (Å²) in [5.74, 6) is 2.71. The Morgan fingerprint density at radius 1 is 1.18 bits per heavy atom. The average molecular weight is 317 g/mol. The highest BCUT2D eigenvalue weighted by Crippen LogP contribution is 2.28. The van der Waals surface area contributed by atoms with Crippen LogP contribution in [0.4, 0.5) is 0 Å². The number of rotatable bonds is 4. The minimum absolute atomic E-state index is 0.613. The Hall–Kier alpha value is -1.29. The van der Waals surface area contributed by atoms with E-state index in [2.05, 4.69) is 16.3 Å². The third-order valence-electron chi connectivity index (χ3n) is 4.97. The molecule has 3 aliphatic rings. The standard InChI is InChI=1S/C18H21ClN2O/c19-15-3-1-2-14(10-15)18-5-4-16(22-18)11-20-17-12-21-8-6-13(17)7-9-21/h1-5,10,13,17,20H,6-9,11-12H2/t17-/m1/s1. The van der Waals surface area contributed by atoms with Crippen molar-refractivity contribution in [2.75, 3.05) is 19.6 Å². The van der Waals surface area contributed by atoms with E-state index in [9.17, 15) is 0 Å². The third kappa shape index (κ3) is 2.94. The Morgan fingerprint density at radius 2 is 2.05 bits per heavy atom. The maximum atomic E-state index is 6.04. The minimum atomic E-state index is 0.613. The molecule has 3 nitrogen and oxygen atoms in total. The number of benzene rings is 1. The smallest absolute Gasteiger partial charge is 0.134 e. The predicted molar refractivity (Wildman–Crippen MR) is 88.9 cm³/mol. The van der Waals surface area contributed by atoms with Crippen molar-refractivity contribution in [1.82, 2.24) is 10.2 Å². The van der Waals surface area contributed by atoms with Crippen LogP contribution in [0.25, 0.3) is 11.3 Å². The molecule has 0 aliphatic carbocycles. The summed E-state index contributed by atoms with van der Waals surface area (Å²) in [7, 11) is 0. The van der Waals surface area contributed by atoms with Crippen molar-refractivity contribution in [3.8, 4) is 11.3 Å². The monoisotopic (exact) mass is 316 g/mol. The molecule has 116 valence electrons. The van der Waals surface area contributed by atoms with Crippen molar-refractivity contribution in [3.05, 3.63) is 47.2 Å². The van der Waals surface area contributed by atoms with Gasteiger partial charge in [-0.05, 0) is 56.1 Å². The van der Waals surface area contributed by atoms with Crippen LogP contribution in [-0.2, 0) is 6.54 Å². The summed E-state index contributed by atoms with van der Waals surface area (Å²) in [6, 6.07) is 12.5. The number of nitrogens with one attached hydrogen (secondary N) is 1. The van der Waals surface area contributed by atoms with Crippen LogP contribution in [0.3, 0.4) is 0 Å². The Labute approximate surface area is 136 Å². The molecule has 3 saturated heterocycles. The summed E-state index contributed by atoms with van der Waals surface area (Å²) in [5, 5.41) is 4.42. The molecular formula is C18H21ClN2O. The zero-order valence-electron chi connectivity index (χ0n) is 12.6. The van der Waals surface area contributed by atoms with Crippen LogP contribution in [0.2, 0.25) is 5.02 Å². The molecule has 0 spiro atoms. The minimum Gasteiger partial charge on any atom is -0.460 e. The number of furan rings is 1. The predicted octanol–water partition coefficient (Wildman–Crippen LogP) is 3.78. The van der Waals surface area contributed by atoms with E-state index in [4.69, 9.17) is 16.0 Å². The number of hydrogen-bond donors (Lipinski definition) is 1. The number of nitrogens with zero attached hydrogens (tertiary/aromatic N) is 1. The van der Waals surface area contributed by atoms with Crippen LogP contribution in [0.5, 0.6) is 0 Å². The number of halogens is 1. The van der Waals surface area contributed by atoms with E-state index < -0.39 is 0 Å². The number of piperidine rings is 3. The van der Waals surface area contributed by atoms with Gasteiger partial charge in [0.15, 0.2) is 0 Å². The van der Waals surface area contributed by atoms with Crippen molar-refractivity contribution >= 4 is 11.6 Å². The molecule has 1 aromatic carbocycles. The SMILES string of the molecule is Clc1cccc(-c2ccc(CN[C@@H]3CN4CCC3CC4)o2)c1. The van der Waals surface area contributed by atoms with Gasteiger partial charge in [0.1, 0.15) is 11.5 Å². The van der Waals surface area contributed by atoms with Gasteiger partial charge < -0.3 is 14.6 Å². The van der Waals surface area contributed by atoms with Gasteiger partial charge in [0.05, 0.1) is 6.54 Å². The first-order chi connectivity index (χ1) is 10.8. The van der Waals surface area contributed by atoms with Crippen LogP contribution >= 0.6 is 11.6 Å². The molecule has 0 unspecified atom stereocenters. The second-order valence-corrected chi connectivity index (χ2v) is 6.84. The Kier molecular flexibility index (Phi) is 3.95. The first-order valence-corrected chi connectivity index (χ1v) is 8.46. The maximum Gasteiger partial charge on any atom is 0.134 e. The van der Waals surface area contributed by atoms with Crippen molar-refractivity contribution in [1.29, 1.82) is 0 Å². The molecule has 4 heteroatoms. The molecule has 0 amide bonds. The second-order valence-electron chi connectivity index (χ2n) is 6.40. The van der Waals surface area contributed by atoms with Crippen molar-refractivity contribution in [2.45, 2.75) is 25.4 Å². The van der Waals surface area contributed by atoms with Crippen molar-refractivity contribution in [2.24, 2.45) is 5.92 Å². The van der Waals surface area contributed by atoms with Gasteiger partial charge in [-0.3, -0.25) is 0 Å². The van der Waals surface area contributed by atoms with E-state index in [0.29, 0.717) is 6.04 Å². The zero-order chi connectivity index (χ0) is 14.9. The molecule has 1 aromatic heterocycles. The number of hydrogen-bond acceptors (Lipinski definition) is 3. The van der Waals surface area contributed by atoms with Gasteiger partial charge in [0.2, 0.25) is 0 Å². The zero-order valence-corrected chi connectivity index (χ0v) is 13.4. The van der Waals surface area contributed by atoms with Crippen molar-refractivity contribution in [3.63, 3.8) is 0 Å². The molecule has 5 rings (SSSR count). The molecule has 3 fully saturated rings. The molecule has 2 aromatic rings. The molecule has 3 aliphatic heterocycles. The van der Waals surface area contributed by atoms with Crippen LogP contribution in [0, 0.1) is 5.92 Å². The van der Waals surface area contributed by atoms with Gasteiger partial charge in [-0.25, -0.2) is 0 Å². The lowest BCUT2D eigenvalue weighted by molar-refractivity contribution is 0.0711. The van der Waals surface area contributed by atoms with Gasteiger partial charge in [-0.1, -0.05) is 23.7 Å². The summed E-state index contributed by atoms with van der Waals surface area (Å²) in [6.07, 6.45) is 2.67. The Bertz CT molecular complexity index is 646. The van der Waals surface area contributed by atoms with Crippen LogP contribution < -0.4 is 5.32 Å². The molecule has 0 saturated carbocycles. The van der Waals surface area contributed by atoms with Gasteiger partial charge in [-0.2, -0.15) is 0 Å². The molecule has 0 radical (unpaired) electrons. The lowest BCUT2D eigenvalue weighted by Gasteiger charge is -2.45. The summed E-state index contributed by atoms with van der Waals surface area (Å²) in [5.41, 5.74) is 1.03. The molecular weight excluding hydrogens is 296 g/mol. The van der Waals surface area contributed by atoms with Gasteiger partial charge in [0.25, 0.3) is 0 Å². The highest BCUT2D eigenvalue weighted by atomic mass is 35.5. The Balaban J connectivity index is 1.40. The van der Waals surface area contributed by atoms with Gasteiger partial charge >= 0.3 is 0 Å². The normalized spacial score (nSPS) is 27.2. The Morgan fingerprint density at radius 3 is 2.77 bits per heavy atom. The van der Waals surface area contributed by atoms with E-state index in [0.717, 1.165) is 34.6 Å². The summed E-state index contributed by atoms with van der Waals surface area (Å²) in [6.45, 7) is 4.55. The van der Waals surface area contributed by atoms with Crippen LogP contribution in [0.1, 0.15) is 18.6 Å².